The normalized spacial score (nSPS) is 11.2. The fourth-order valence-electron chi connectivity index (χ4n) is 3.46. The Labute approximate surface area is 157 Å². The van der Waals surface area contributed by atoms with Crippen LogP contribution in [0.4, 0.5) is 0 Å². The third-order valence-corrected chi connectivity index (χ3v) is 4.89. The highest BCUT2D eigenvalue weighted by Gasteiger charge is 2.16. The van der Waals surface area contributed by atoms with E-state index in [1.165, 1.54) is 5.56 Å². The number of fused-ring (bicyclic) bond motifs is 3. The molecule has 0 aliphatic carbocycles. The van der Waals surface area contributed by atoms with E-state index in [2.05, 4.69) is 39.8 Å². The van der Waals surface area contributed by atoms with Crippen molar-refractivity contribution in [2.45, 2.75) is 26.8 Å². The summed E-state index contributed by atoms with van der Waals surface area (Å²) in [5, 5.41) is 13.3. The van der Waals surface area contributed by atoms with Gasteiger partial charge in [-0.2, -0.15) is 4.52 Å². The maximum atomic E-state index is 12.2. The summed E-state index contributed by atoms with van der Waals surface area (Å²) in [6.45, 7) is 4.79. The van der Waals surface area contributed by atoms with Crippen LogP contribution in [0.1, 0.15) is 23.6 Å². The van der Waals surface area contributed by atoms with E-state index < -0.39 is 0 Å². The van der Waals surface area contributed by atoms with Crippen molar-refractivity contribution < 1.29 is 4.79 Å². The minimum atomic E-state index is 0.0425. The van der Waals surface area contributed by atoms with Crippen LogP contribution >= 0.6 is 0 Å². The minimum Gasteiger partial charge on any atom is -0.338 e. The van der Waals surface area contributed by atoms with Crippen molar-refractivity contribution in [1.82, 2.24) is 24.9 Å². The van der Waals surface area contributed by atoms with E-state index in [9.17, 15) is 4.79 Å². The monoisotopic (exact) mass is 359 g/mol. The molecule has 27 heavy (non-hydrogen) atoms. The summed E-state index contributed by atoms with van der Waals surface area (Å²) in [5.41, 5.74) is 4.97. The SMILES string of the molecule is CC(=O)N(CCc1ccccc1)Cc1cc2cccc(C)c2n2nnnc12. The summed E-state index contributed by atoms with van der Waals surface area (Å²) in [7, 11) is 0. The molecule has 0 N–H and O–H groups in total. The molecular formula is C21H21N5O. The zero-order valence-corrected chi connectivity index (χ0v) is 15.5. The summed E-state index contributed by atoms with van der Waals surface area (Å²) >= 11 is 0. The van der Waals surface area contributed by atoms with Gasteiger partial charge in [0.2, 0.25) is 5.91 Å². The molecule has 0 aliphatic heterocycles. The van der Waals surface area contributed by atoms with Gasteiger partial charge in [0.25, 0.3) is 0 Å². The quantitative estimate of drug-likeness (QED) is 0.549. The lowest BCUT2D eigenvalue weighted by Crippen LogP contribution is -2.30. The molecule has 136 valence electrons. The fourth-order valence-corrected chi connectivity index (χ4v) is 3.46. The predicted molar refractivity (Wildman–Crippen MR) is 104 cm³/mol. The molecule has 4 aromatic rings. The smallest absolute Gasteiger partial charge is 0.219 e. The lowest BCUT2D eigenvalue weighted by molar-refractivity contribution is -0.129. The van der Waals surface area contributed by atoms with E-state index >= 15 is 0 Å². The predicted octanol–water partition coefficient (Wildman–Crippen LogP) is 3.18. The van der Waals surface area contributed by atoms with Crippen LogP contribution in [0.2, 0.25) is 0 Å². The largest absolute Gasteiger partial charge is 0.338 e. The molecule has 0 unspecified atom stereocenters. The van der Waals surface area contributed by atoms with Gasteiger partial charge in [0.1, 0.15) is 0 Å². The Morgan fingerprint density at radius 3 is 2.70 bits per heavy atom. The minimum absolute atomic E-state index is 0.0425. The second-order valence-electron chi connectivity index (χ2n) is 6.77. The number of aromatic nitrogens is 4. The van der Waals surface area contributed by atoms with Crippen molar-refractivity contribution in [2.24, 2.45) is 0 Å². The van der Waals surface area contributed by atoms with Crippen LogP contribution in [0.5, 0.6) is 0 Å². The molecule has 4 rings (SSSR count). The zero-order valence-electron chi connectivity index (χ0n) is 15.5. The Bertz CT molecular complexity index is 1100. The number of hydrogen-bond donors (Lipinski definition) is 0. The van der Waals surface area contributed by atoms with Gasteiger partial charge in [0.05, 0.1) is 5.52 Å². The van der Waals surface area contributed by atoms with E-state index in [0.717, 1.165) is 28.5 Å². The standard InChI is InChI=1S/C21H21N5O/c1-15-7-6-10-18-13-19(21-22-23-24-26(21)20(15)18)14-25(16(2)27)12-11-17-8-4-3-5-9-17/h3-10,13H,11-12,14H2,1-2H3. The topological polar surface area (TPSA) is 63.4 Å². The molecular weight excluding hydrogens is 338 g/mol. The van der Waals surface area contributed by atoms with E-state index in [-0.39, 0.29) is 5.91 Å². The third kappa shape index (κ3) is 3.38. The van der Waals surface area contributed by atoms with Crippen molar-refractivity contribution in [3.05, 3.63) is 71.3 Å². The van der Waals surface area contributed by atoms with Gasteiger partial charge in [-0.05, 0) is 41.0 Å². The lowest BCUT2D eigenvalue weighted by Gasteiger charge is -2.21. The van der Waals surface area contributed by atoms with Gasteiger partial charge in [0, 0.05) is 31.0 Å². The Hall–Kier alpha value is -3.28. The summed E-state index contributed by atoms with van der Waals surface area (Å²) in [4.78, 5) is 14.1. The van der Waals surface area contributed by atoms with Crippen LogP contribution in [0.3, 0.4) is 0 Å². The molecule has 6 nitrogen and oxygen atoms in total. The number of tetrazole rings is 1. The van der Waals surface area contributed by atoms with Gasteiger partial charge in [-0.3, -0.25) is 4.79 Å². The molecule has 0 fully saturated rings. The average molecular weight is 359 g/mol. The van der Waals surface area contributed by atoms with Crippen molar-refractivity contribution in [1.29, 1.82) is 0 Å². The number of rotatable bonds is 5. The van der Waals surface area contributed by atoms with E-state index in [1.54, 1.807) is 11.4 Å². The number of aryl methyl sites for hydroxylation is 1. The summed E-state index contributed by atoms with van der Waals surface area (Å²) in [5.74, 6) is 0.0425. The van der Waals surface area contributed by atoms with Gasteiger partial charge in [-0.1, -0.05) is 48.5 Å². The highest BCUT2D eigenvalue weighted by molar-refractivity contribution is 5.86. The molecule has 2 aromatic heterocycles. The number of amides is 1. The fraction of sp³-hybridized carbons (Fsp3) is 0.238. The van der Waals surface area contributed by atoms with E-state index in [0.29, 0.717) is 18.7 Å². The van der Waals surface area contributed by atoms with Crippen molar-refractivity contribution >= 4 is 22.5 Å². The van der Waals surface area contributed by atoms with Crippen LogP contribution in [0, 0.1) is 6.92 Å². The van der Waals surface area contributed by atoms with Gasteiger partial charge < -0.3 is 4.90 Å². The van der Waals surface area contributed by atoms with Crippen LogP contribution in [0.25, 0.3) is 16.6 Å². The zero-order chi connectivity index (χ0) is 18.8. The molecule has 1 amide bonds. The van der Waals surface area contributed by atoms with Gasteiger partial charge in [-0.15, -0.1) is 5.10 Å². The molecule has 2 aromatic carbocycles. The molecule has 0 aliphatic rings. The second-order valence-corrected chi connectivity index (χ2v) is 6.77. The molecule has 0 radical (unpaired) electrons. The molecule has 6 heteroatoms. The maximum Gasteiger partial charge on any atom is 0.219 e. The van der Waals surface area contributed by atoms with Gasteiger partial charge in [0.15, 0.2) is 5.65 Å². The number of para-hydroxylation sites is 1. The second kappa shape index (κ2) is 7.15. The summed E-state index contributed by atoms with van der Waals surface area (Å²) < 4.78 is 1.77. The Balaban J connectivity index is 1.67. The highest BCUT2D eigenvalue weighted by Crippen LogP contribution is 2.23. The van der Waals surface area contributed by atoms with Crippen LogP contribution in [-0.4, -0.2) is 37.4 Å². The first-order valence-electron chi connectivity index (χ1n) is 9.02. The van der Waals surface area contributed by atoms with Crippen molar-refractivity contribution in [2.75, 3.05) is 6.54 Å². The first kappa shape index (κ1) is 17.1. The molecule has 0 saturated carbocycles. The van der Waals surface area contributed by atoms with Gasteiger partial charge in [-0.25, -0.2) is 0 Å². The lowest BCUT2D eigenvalue weighted by atomic mass is 10.1. The average Bonchev–Trinajstić information content (AvgIpc) is 3.15. The van der Waals surface area contributed by atoms with Crippen LogP contribution in [-0.2, 0) is 17.8 Å². The molecule has 0 saturated heterocycles. The maximum absolute atomic E-state index is 12.2. The highest BCUT2D eigenvalue weighted by atomic mass is 16.2. The molecule has 0 atom stereocenters. The number of carbonyl (C=O) groups is 1. The van der Waals surface area contributed by atoms with Crippen molar-refractivity contribution in [3.63, 3.8) is 0 Å². The third-order valence-electron chi connectivity index (χ3n) is 4.89. The Kier molecular flexibility index (Phi) is 4.54. The number of pyridine rings is 1. The Morgan fingerprint density at radius 1 is 1.11 bits per heavy atom. The van der Waals surface area contributed by atoms with Crippen molar-refractivity contribution in [3.8, 4) is 0 Å². The molecule has 0 spiro atoms. The van der Waals surface area contributed by atoms with Crippen LogP contribution in [0.15, 0.2) is 54.6 Å². The summed E-state index contributed by atoms with van der Waals surface area (Å²) in [6, 6.07) is 18.4. The van der Waals surface area contributed by atoms with E-state index in [4.69, 9.17) is 0 Å². The molecule has 2 heterocycles. The first-order chi connectivity index (χ1) is 13.1. The number of carbonyl (C=O) groups excluding carboxylic acids is 1. The number of nitrogens with zero attached hydrogens (tertiary/aromatic N) is 5. The molecule has 0 bridgehead atoms. The summed E-state index contributed by atoms with van der Waals surface area (Å²) in [6.07, 6.45) is 0.814. The van der Waals surface area contributed by atoms with Gasteiger partial charge >= 0.3 is 0 Å². The van der Waals surface area contributed by atoms with Crippen LogP contribution < -0.4 is 0 Å². The number of hydrogen-bond acceptors (Lipinski definition) is 4. The van der Waals surface area contributed by atoms with E-state index in [1.807, 2.05) is 42.2 Å². The number of benzene rings is 2. The Morgan fingerprint density at radius 2 is 1.93 bits per heavy atom. The first-order valence-corrected chi connectivity index (χ1v) is 9.02.